The van der Waals surface area contributed by atoms with Gasteiger partial charge in [0, 0.05) is 25.3 Å². The minimum absolute atomic E-state index is 0.282. The van der Waals surface area contributed by atoms with Gasteiger partial charge in [0.25, 0.3) is 0 Å². The summed E-state index contributed by atoms with van der Waals surface area (Å²) in [6.45, 7) is 5.03. The molecule has 128 valence electrons. The zero-order valence-electron chi connectivity index (χ0n) is 14.6. The van der Waals surface area contributed by atoms with Crippen molar-refractivity contribution in [2.45, 2.75) is 38.6 Å². The molecule has 1 aliphatic carbocycles. The van der Waals surface area contributed by atoms with Crippen LogP contribution in [-0.2, 0) is 0 Å². The number of phenolic OH excluding ortho intramolecular Hbond substituents is 1. The molecular formula is C18H30N4O. The van der Waals surface area contributed by atoms with E-state index in [2.05, 4.69) is 36.1 Å². The number of likely N-dealkylation sites (N-methyl/N-ethyl adjacent to an activating group) is 2. The molecule has 2 rings (SSSR count). The maximum atomic E-state index is 9.45. The second kappa shape index (κ2) is 8.77. The Morgan fingerprint density at radius 1 is 1.17 bits per heavy atom. The van der Waals surface area contributed by atoms with Gasteiger partial charge < -0.3 is 20.2 Å². The van der Waals surface area contributed by atoms with Crippen molar-refractivity contribution in [2.75, 3.05) is 39.0 Å². The number of aliphatic imine (C=N–C) groups is 1. The van der Waals surface area contributed by atoms with E-state index in [1.165, 1.54) is 25.7 Å². The highest BCUT2D eigenvalue weighted by Crippen LogP contribution is 2.22. The van der Waals surface area contributed by atoms with E-state index >= 15 is 0 Å². The first-order valence-electron chi connectivity index (χ1n) is 8.62. The van der Waals surface area contributed by atoms with Gasteiger partial charge >= 0.3 is 0 Å². The highest BCUT2D eigenvalue weighted by Gasteiger charge is 2.17. The van der Waals surface area contributed by atoms with E-state index in [1.54, 1.807) is 12.1 Å². The van der Waals surface area contributed by atoms with Crippen LogP contribution in [0.25, 0.3) is 0 Å². The van der Waals surface area contributed by atoms with Crippen LogP contribution >= 0.6 is 0 Å². The van der Waals surface area contributed by atoms with Crippen LogP contribution in [0, 0.1) is 0 Å². The van der Waals surface area contributed by atoms with E-state index in [9.17, 15) is 5.11 Å². The molecule has 0 amide bonds. The smallest absolute Gasteiger partial charge is 0.198 e. The molecular weight excluding hydrogens is 288 g/mol. The summed E-state index contributed by atoms with van der Waals surface area (Å²) in [6.07, 6.45) is 4.94. The average molecular weight is 318 g/mol. The molecule has 1 aliphatic rings. The predicted molar refractivity (Wildman–Crippen MR) is 97.2 cm³/mol. The van der Waals surface area contributed by atoms with Crippen molar-refractivity contribution in [2.24, 2.45) is 4.99 Å². The van der Waals surface area contributed by atoms with Gasteiger partial charge in [-0.1, -0.05) is 12.8 Å². The Hall–Kier alpha value is -1.75. The zero-order chi connectivity index (χ0) is 16.7. The number of hydrogen-bond acceptors (Lipinski definition) is 3. The minimum Gasteiger partial charge on any atom is -0.508 e. The molecule has 2 N–H and O–H groups in total. The Bertz CT molecular complexity index is 492. The maximum Gasteiger partial charge on any atom is 0.198 e. The monoisotopic (exact) mass is 318 g/mol. The van der Waals surface area contributed by atoms with Gasteiger partial charge in [0.1, 0.15) is 5.75 Å². The third kappa shape index (κ3) is 5.75. The van der Waals surface area contributed by atoms with Gasteiger partial charge in [-0.25, -0.2) is 4.99 Å². The molecule has 0 aromatic heterocycles. The van der Waals surface area contributed by atoms with Gasteiger partial charge in [0.05, 0.1) is 6.04 Å². The molecule has 1 fully saturated rings. The maximum absolute atomic E-state index is 9.45. The Labute approximate surface area is 140 Å². The molecule has 0 heterocycles. The number of rotatable bonds is 6. The molecule has 0 radical (unpaired) electrons. The molecule has 0 bridgehead atoms. The van der Waals surface area contributed by atoms with Crippen LogP contribution in [0.15, 0.2) is 29.3 Å². The normalized spacial score (nSPS) is 16.1. The lowest BCUT2D eigenvalue weighted by molar-refractivity contribution is 0.335. The van der Waals surface area contributed by atoms with Gasteiger partial charge in [-0.3, -0.25) is 0 Å². The summed E-state index contributed by atoms with van der Waals surface area (Å²) in [5.74, 6) is 1.23. The zero-order valence-corrected chi connectivity index (χ0v) is 14.6. The third-order valence-electron chi connectivity index (χ3n) is 4.25. The number of hydrogen-bond donors (Lipinski definition) is 2. The highest BCUT2D eigenvalue weighted by molar-refractivity contribution is 5.93. The fourth-order valence-electron chi connectivity index (χ4n) is 2.81. The lowest BCUT2D eigenvalue weighted by Crippen LogP contribution is -2.41. The Kier molecular flexibility index (Phi) is 6.71. The lowest BCUT2D eigenvalue weighted by atomic mass is 10.2. The molecule has 5 heteroatoms. The summed E-state index contributed by atoms with van der Waals surface area (Å²) in [4.78, 5) is 9.48. The summed E-state index contributed by atoms with van der Waals surface area (Å²) in [7, 11) is 4.18. The SMILES string of the molecule is CCN(CCN(C)C)C(=NC1CCCC1)Nc1ccc(O)cc1. The van der Waals surface area contributed by atoms with E-state index in [0.29, 0.717) is 6.04 Å². The summed E-state index contributed by atoms with van der Waals surface area (Å²) in [6, 6.07) is 7.61. The summed E-state index contributed by atoms with van der Waals surface area (Å²) >= 11 is 0. The van der Waals surface area contributed by atoms with Crippen molar-refractivity contribution in [1.82, 2.24) is 9.80 Å². The molecule has 0 saturated heterocycles. The molecule has 0 aliphatic heterocycles. The largest absolute Gasteiger partial charge is 0.508 e. The van der Waals surface area contributed by atoms with Crippen LogP contribution < -0.4 is 5.32 Å². The molecule has 1 saturated carbocycles. The summed E-state index contributed by atoms with van der Waals surface area (Å²) in [5.41, 5.74) is 0.961. The number of nitrogens with one attached hydrogen (secondary N) is 1. The van der Waals surface area contributed by atoms with Crippen LogP contribution in [0.4, 0.5) is 5.69 Å². The van der Waals surface area contributed by atoms with Gasteiger partial charge in [-0.15, -0.1) is 0 Å². The quantitative estimate of drug-likeness (QED) is 0.481. The number of anilines is 1. The third-order valence-corrected chi connectivity index (χ3v) is 4.25. The average Bonchev–Trinajstić information content (AvgIpc) is 3.02. The minimum atomic E-state index is 0.282. The van der Waals surface area contributed by atoms with E-state index in [1.807, 2.05) is 12.1 Å². The standard InChI is InChI=1S/C18H30N4O/c1-4-22(14-13-21(2)3)18(19-15-7-5-6-8-15)20-16-9-11-17(23)12-10-16/h9-12,15,23H,4-8,13-14H2,1-3H3,(H,19,20). The van der Waals surface area contributed by atoms with E-state index in [4.69, 9.17) is 4.99 Å². The van der Waals surface area contributed by atoms with Gasteiger partial charge in [0.2, 0.25) is 0 Å². The number of aromatic hydroxyl groups is 1. The first-order chi connectivity index (χ1) is 11.1. The van der Waals surface area contributed by atoms with Gasteiger partial charge in [0.15, 0.2) is 5.96 Å². The van der Waals surface area contributed by atoms with Crippen molar-refractivity contribution in [1.29, 1.82) is 0 Å². The van der Waals surface area contributed by atoms with E-state index in [-0.39, 0.29) is 5.75 Å². The van der Waals surface area contributed by atoms with Gasteiger partial charge in [-0.05, 0) is 58.1 Å². The van der Waals surface area contributed by atoms with Crippen molar-refractivity contribution >= 4 is 11.6 Å². The summed E-state index contributed by atoms with van der Waals surface area (Å²) in [5, 5.41) is 12.9. The molecule has 0 spiro atoms. The van der Waals surface area contributed by atoms with Crippen molar-refractivity contribution in [3.05, 3.63) is 24.3 Å². The Morgan fingerprint density at radius 2 is 1.83 bits per heavy atom. The second-order valence-electron chi connectivity index (χ2n) is 6.45. The number of nitrogens with zero attached hydrogens (tertiary/aromatic N) is 3. The highest BCUT2D eigenvalue weighted by atomic mass is 16.3. The molecule has 5 nitrogen and oxygen atoms in total. The van der Waals surface area contributed by atoms with Crippen molar-refractivity contribution in [3.63, 3.8) is 0 Å². The first kappa shape index (κ1) is 17.6. The number of benzene rings is 1. The molecule has 1 aromatic rings. The summed E-state index contributed by atoms with van der Waals surface area (Å²) < 4.78 is 0. The van der Waals surface area contributed by atoms with Crippen LogP contribution in [0.3, 0.4) is 0 Å². The van der Waals surface area contributed by atoms with Crippen molar-refractivity contribution in [3.8, 4) is 5.75 Å². The fourth-order valence-corrected chi connectivity index (χ4v) is 2.81. The molecule has 0 atom stereocenters. The molecule has 23 heavy (non-hydrogen) atoms. The van der Waals surface area contributed by atoms with Gasteiger partial charge in [-0.2, -0.15) is 0 Å². The number of guanidine groups is 1. The lowest BCUT2D eigenvalue weighted by Gasteiger charge is -2.27. The fraction of sp³-hybridized carbons (Fsp3) is 0.611. The van der Waals surface area contributed by atoms with Crippen LogP contribution in [0.2, 0.25) is 0 Å². The van der Waals surface area contributed by atoms with E-state index in [0.717, 1.165) is 31.3 Å². The number of phenols is 1. The Balaban J connectivity index is 2.13. The van der Waals surface area contributed by atoms with E-state index < -0.39 is 0 Å². The second-order valence-corrected chi connectivity index (χ2v) is 6.45. The molecule has 1 aromatic carbocycles. The topological polar surface area (TPSA) is 51.1 Å². The van der Waals surface area contributed by atoms with Crippen LogP contribution in [0.1, 0.15) is 32.6 Å². The van der Waals surface area contributed by atoms with Crippen LogP contribution in [0.5, 0.6) is 5.75 Å². The van der Waals surface area contributed by atoms with Crippen molar-refractivity contribution < 1.29 is 5.11 Å². The van der Waals surface area contributed by atoms with Crippen LogP contribution in [-0.4, -0.2) is 60.6 Å². The Morgan fingerprint density at radius 3 is 2.39 bits per heavy atom. The predicted octanol–water partition coefficient (Wildman–Crippen LogP) is 2.99. The first-order valence-corrected chi connectivity index (χ1v) is 8.62. The molecule has 0 unspecified atom stereocenters.